The van der Waals surface area contributed by atoms with Crippen LogP contribution in [0.1, 0.15) is 25.2 Å². The number of aromatic nitrogens is 7. The van der Waals surface area contributed by atoms with Crippen LogP contribution in [0.5, 0.6) is 0 Å². The molecule has 0 fully saturated rings. The summed E-state index contributed by atoms with van der Waals surface area (Å²) >= 11 is 0. The van der Waals surface area contributed by atoms with Gasteiger partial charge in [0.1, 0.15) is 19.2 Å². The van der Waals surface area contributed by atoms with Gasteiger partial charge in [-0.2, -0.15) is 9.49 Å². The van der Waals surface area contributed by atoms with Crippen LogP contribution in [0.4, 0.5) is 10.1 Å². The van der Waals surface area contributed by atoms with Crippen LogP contribution in [0, 0.1) is 5.95 Å². The lowest BCUT2D eigenvalue weighted by atomic mass is 9.85. The standard InChI is InChI=1S/C21H19FN8O/c1-21(2)15-8-13(4-6-16(15)28(3)20(21)31)19-26-18(10-29-12-23-11-25-29)27-30(19)14-5-7-17(22)24-9-14/h4-9,11-12H,10H2,1-3H3. The number of carbonyl (C=O) groups excluding carboxylic acids is 1. The van der Waals surface area contributed by atoms with E-state index in [1.54, 1.807) is 33.7 Å². The van der Waals surface area contributed by atoms with Gasteiger partial charge in [-0.25, -0.2) is 24.3 Å². The minimum Gasteiger partial charge on any atom is -0.314 e. The molecule has 0 unspecified atom stereocenters. The number of rotatable bonds is 4. The highest BCUT2D eigenvalue weighted by atomic mass is 19.1. The highest BCUT2D eigenvalue weighted by molar-refractivity contribution is 6.07. The second-order valence-corrected chi connectivity index (χ2v) is 7.92. The molecule has 0 radical (unpaired) electrons. The van der Waals surface area contributed by atoms with Crippen molar-refractivity contribution in [2.24, 2.45) is 0 Å². The minimum atomic E-state index is -0.647. The lowest BCUT2D eigenvalue weighted by molar-refractivity contribution is -0.121. The summed E-state index contributed by atoms with van der Waals surface area (Å²) < 4.78 is 16.6. The Kier molecular flexibility index (Phi) is 4.17. The minimum absolute atomic E-state index is 0.0377. The van der Waals surface area contributed by atoms with Gasteiger partial charge in [-0.05, 0) is 49.7 Å². The van der Waals surface area contributed by atoms with Gasteiger partial charge < -0.3 is 4.90 Å². The molecular formula is C21H19FN8O. The number of hydrogen-bond acceptors (Lipinski definition) is 6. The summed E-state index contributed by atoms with van der Waals surface area (Å²) in [5, 5.41) is 8.70. The molecule has 0 N–H and O–H groups in total. The largest absolute Gasteiger partial charge is 0.314 e. The SMILES string of the molecule is CN1C(=O)C(C)(C)c2cc(-c3nc(Cn4cncn4)nn3-c3ccc(F)nc3)ccc21. The number of halogens is 1. The Bertz CT molecular complexity index is 1280. The van der Waals surface area contributed by atoms with Gasteiger partial charge in [0, 0.05) is 18.3 Å². The first-order valence-electron chi connectivity index (χ1n) is 9.68. The van der Waals surface area contributed by atoms with Crippen LogP contribution >= 0.6 is 0 Å². The van der Waals surface area contributed by atoms with Crippen LogP contribution in [-0.2, 0) is 16.8 Å². The number of fused-ring (bicyclic) bond motifs is 1. The van der Waals surface area contributed by atoms with Crippen molar-refractivity contribution in [2.75, 3.05) is 11.9 Å². The van der Waals surface area contributed by atoms with E-state index in [2.05, 4.69) is 20.2 Å². The van der Waals surface area contributed by atoms with E-state index in [1.165, 1.54) is 18.6 Å². The molecule has 0 spiro atoms. The number of likely N-dealkylation sites (N-methyl/N-ethyl adjacent to an activating group) is 1. The zero-order valence-electron chi connectivity index (χ0n) is 17.2. The topological polar surface area (TPSA) is 94.6 Å². The van der Waals surface area contributed by atoms with E-state index in [9.17, 15) is 9.18 Å². The monoisotopic (exact) mass is 418 g/mol. The number of benzene rings is 1. The van der Waals surface area contributed by atoms with Gasteiger partial charge in [-0.15, -0.1) is 5.10 Å². The average Bonchev–Trinajstić information content (AvgIpc) is 3.46. The third-order valence-electron chi connectivity index (χ3n) is 5.51. The maximum atomic E-state index is 13.4. The van der Waals surface area contributed by atoms with E-state index in [0.717, 1.165) is 16.8 Å². The number of amides is 1. The predicted molar refractivity (Wildman–Crippen MR) is 110 cm³/mol. The Morgan fingerprint density at radius 3 is 2.71 bits per heavy atom. The maximum absolute atomic E-state index is 13.4. The van der Waals surface area contributed by atoms with Gasteiger partial charge in [-0.3, -0.25) is 4.79 Å². The molecule has 1 aliphatic heterocycles. The predicted octanol–water partition coefficient (Wildman–Crippen LogP) is 2.36. The van der Waals surface area contributed by atoms with Crippen LogP contribution in [0.2, 0.25) is 0 Å². The first kappa shape index (κ1) is 19.0. The molecule has 5 rings (SSSR count). The van der Waals surface area contributed by atoms with Crippen LogP contribution in [0.3, 0.4) is 0 Å². The second-order valence-electron chi connectivity index (χ2n) is 7.92. The van der Waals surface area contributed by atoms with Gasteiger partial charge in [0.2, 0.25) is 11.9 Å². The third-order valence-corrected chi connectivity index (χ3v) is 5.51. The van der Waals surface area contributed by atoms with Crippen molar-refractivity contribution in [3.05, 3.63) is 66.5 Å². The lowest BCUT2D eigenvalue weighted by Crippen LogP contribution is -2.33. The summed E-state index contributed by atoms with van der Waals surface area (Å²) in [6.07, 6.45) is 4.43. The zero-order valence-corrected chi connectivity index (χ0v) is 17.2. The van der Waals surface area contributed by atoms with Gasteiger partial charge in [0.15, 0.2) is 11.6 Å². The van der Waals surface area contributed by atoms with E-state index in [-0.39, 0.29) is 5.91 Å². The van der Waals surface area contributed by atoms with Crippen molar-refractivity contribution >= 4 is 11.6 Å². The van der Waals surface area contributed by atoms with Crippen molar-refractivity contribution in [3.63, 3.8) is 0 Å². The fraction of sp³-hybridized carbons (Fsp3) is 0.238. The Labute approximate surface area is 177 Å². The molecule has 31 heavy (non-hydrogen) atoms. The number of carbonyl (C=O) groups is 1. The van der Waals surface area contributed by atoms with Crippen LogP contribution in [0.25, 0.3) is 17.1 Å². The molecule has 10 heteroatoms. The summed E-state index contributed by atoms with van der Waals surface area (Å²) in [5.41, 5.74) is 2.50. The van der Waals surface area contributed by atoms with E-state index >= 15 is 0 Å². The maximum Gasteiger partial charge on any atom is 0.236 e. The molecule has 156 valence electrons. The van der Waals surface area contributed by atoms with Crippen LogP contribution in [0.15, 0.2) is 49.2 Å². The smallest absolute Gasteiger partial charge is 0.236 e. The fourth-order valence-corrected chi connectivity index (χ4v) is 3.85. The summed E-state index contributed by atoms with van der Waals surface area (Å²) in [6, 6.07) is 8.65. The molecule has 4 aromatic rings. The average molecular weight is 418 g/mol. The van der Waals surface area contributed by atoms with Crippen molar-refractivity contribution in [1.82, 2.24) is 34.5 Å². The lowest BCUT2D eigenvalue weighted by Gasteiger charge is -2.16. The van der Waals surface area contributed by atoms with Crippen molar-refractivity contribution < 1.29 is 9.18 Å². The first-order chi connectivity index (χ1) is 14.8. The number of hydrogen-bond donors (Lipinski definition) is 0. The molecule has 1 aliphatic rings. The fourth-order valence-electron chi connectivity index (χ4n) is 3.85. The Morgan fingerprint density at radius 1 is 1.16 bits per heavy atom. The normalized spacial score (nSPS) is 14.8. The zero-order chi connectivity index (χ0) is 21.8. The molecule has 0 bridgehead atoms. The highest BCUT2D eigenvalue weighted by Gasteiger charge is 2.42. The highest BCUT2D eigenvalue weighted by Crippen LogP contribution is 2.42. The summed E-state index contributed by atoms with van der Waals surface area (Å²) in [7, 11) is 1.78. The summed E-state index contributed by atoms with van der Waals surface area (Å²) in [4.78, 5) is 26.7. The van der Waals surface area contributed by atoms with Crippen LogP contribution < -0.4 is 4.90 Å². The number of nitrogens with zero attached hydrogens (tertiary/aromatic N) is 8. The number of anilines is 1. The molecule has 0 saturated heterocycles. The summed E-state index contributed by atoms with van der Waals surface area (Å²) in [5.74, 6) is 0.534. The Morgan fingerprint density at radius 2 is 2.00 bits per heavy atom. The van der Waals surface area contributed by atoms with Crippen molar-refractivity contribution in [2.45, 2.75) is 25.8 Å². The van der Waals surface area contributed by atoms with Gasteiger partial charge in [-0.1, -0.05) is 0 Å². The van der Waals surface area contributed by atoms with Gasteiger partial charge in [0.25, 0.3) is 0 Å². The third kappa shape index (κ3) is 3.07. The van der Waals surface area contributed by atoms with E-state index in [1.807, 2.05) is 32.0 Å². The second kappa shape index (κ2) is 6.79. The van der Waals surface area contributed by atoms with Crippen LogP contribution in [-0.4, -0.2) is 47.5 Å². The van der Waals surface area contributed by atoms with Crippen molar-refractivity contribution in [1.29, 1.82) is 0 Å². The molecule has 0 saturated carbocycles. The van der Waals surface area contributed by atoms with E-state index in [0.29, 0.717) is 23.9 Å². The van der Waals surface area contributed by atoms with Gasteiger partial charge >= 0.3 is 0 Å². The molecule has 0 aliphatic carbocycles. The molecule has 4 heterocycles. The Balaban J connectivity index is 1.65. The first-order valence-corrected chi connectivity index (χ1v) is 9.68. The van der Waals surface area contributed by atoms with Crippen molar-refractivity contribution in [3.8, 4) is 17.1 Å². The molecule has 1 amide bonds. The summed E-state index contributed by atoms with van der Waals surface area (Å²) in [6.45, 7) is 4.14. The van der Waals surface area contributed by atoms with E-state index in [4.69, 9.17) is 4.98 Å². The number of pyridine rings is 1. The molecule has 0 atom stereocenters. The molecule has 9 nitrogen and oxygen atoms in total. The molecule has 3 aromatic heterocycles. The Hall–Kier alpha value is -3.95. The van der Waals surface area contributed by atoms with E-state index < -0.39 is 11.4 Å². The quantitative estimate of drug-likeness (QED) is 0.472. The van der Waals surface area contributed by atoms with Gasteiger partial charge in [0.05, 0.1) is 17.3 Å². The molecule has 1 aromatic carbocycles. The molecular weight excluding hydrogens is 399 g/mol.